The van der Waals surface area contributed by atoms with E-state index in [2.05, 4.69) is 54.3 Å². The summed E-state index contributed by atoms with van der Waals surface area (Å²) in [6.45, 7) is 3.57. The molecule has 1 saturated heterocycles. The van der Waals surface area contributed by atoms with E-state index in [1.54, 1.807) is 0 Å². The van der Waals surface area contributed by atoms with Gasteiger partial charge in [-0.15, -0.1) is 5.10 Å². The van der Waals surface area contributed by atoms with Gasteiger partial charge >= 0.3 is 0 Å². The molecule has 156 valence electrons. The summed E-state index contributed by atoms with van der Waals surface area (Å²) >= 11 is 0. The maximum absolute atomic E-state index is 13.3. The van der Waals surface area contributed by atoms with E-state index in [1.807, 2.05) is 18.2 Å². The second-order valence-electron chi connectivity index (χ2n) is 8.23. The van der Waals surface area contributed by atoms with Gasteiger partial charge in [-0.1, -0.05) is 43.2 Å². The van der Waals surface area contributed by atoms with Gasteiger partial charge < -0.3 is 4.90 Å². The summed E-state index contributed by atoms with van der Waals surface area (Å²) in [6.07, 6.45) is 4.79. The van der Waals surface area contributed by atoms with Crippen molar-refractivity contribution in [2.45, 2.75) is 37.8 Å². The first kappa shape index (κ1) is 19.2. The molecule has 5 rings (SSSR count). The number of tetrazole rings is 1. The van der Waals surface area contributed by atoms with Gasteiger partial charge in [-0.25, -0.2) is 9.07 Å². The summed E-state index contributed by atoms with van der Waals surface area (Å²) in [5, 5.41) is 13.0. The van der Waals surface area contributed by atoms with Crippen LogP contribution in [0.4, 0.5) is 10.1 Å². The zero-order valence-corrected chi connectivity index (χ0v) is 17.1. The van der Waals surface area contributed by atoms with Gasteiger partial charge in [0.2, 0.25) is 0 Å². The van der Waals surface area contributed by atoms with Gasteiger partial charge in [-0.2, -0.15) is 0 Å². The lowest BCUT2D eigenvalue weighted by molar-refractivity contribution is 0.197. The molecule has 3 aromatic rings. The van der Waals surface area contributed by atoms with Crippen LogP contribution in [0.2, 0.25) is 0 Å². The lowest BCUT2D eigenvalue weighted by Gasteiger charge is -2.40. The standard InChI is InChI=1S/C23H27FN6/c24-19-10-12-20(13-11-19)28-14-16-29(17-15-28)22(18-6-2-1-3-7-18)23-25-26-27-30(23)21-8-4-5-9-21/h1-3,6-7,10-13,21-22H,4-5,8-9,14-17H2/t22-/m1/s1. The highest BCUT2D eigenvalue weighted by Crippen LogP contribution is 2.34. The summed E-state index contributed by atoms with van der Waals surface area (Å²) in [6, 6.07) is 17.8. The molecule has 2 aromatic carbocycles. The molecule has 1 aromatic heterocycles. The van der Waals surface area contributed by atoms with Gasteiger partial charge in [0.05, 0.1) is 12.1 Å². The molecule has 0 amide bonds. The number of hydrogen-bond donors (Lipinski definition) is 0. The number of piperazine rings is 1. The lowest BCUT2D eigenvalue weighted by atomic mass is 10.0. The topological polar surface area (TPSA) is 50.1 Å². The van der Waals surface area contributed by atoms with Gasteiger partial charge in [-0.3, -0.25) is 4.90 Å². The third-order valence-corrected chi connectivity index (χ3v) is 6.42. The predicted molar refractivity (Wildman–Crippen MR) is 114 cm³/mol. The number of aromatic nitrogens is 4. The van der Waals surface area contributed by atoms with E-state index < -0.39 is 0 Å². The minimum atomic E-state index is -0.194. The highest BCUT2D eigenvalue weighted by Gasteiger charge is 2.33. The third-order valence-electron chi connectivity index (χ3n) is 6.42. The second-order valence-corrected chi connectivity index (χ2v) is 8.23. The van der Waals surface area contributed by atoms with Crippen molar-refractivity contribution in [1.82, 2.24) is 25.1 Å². The minimum Gasteiger partial charge on any atom is -0.369 e. The molecule has 1 atom stereocenters. The van der Waals surface area contributed by atoms with E-state index in [4.69, 9.17) is 0 Å². The Hall–Kier alpha value is -2.80. The first-order valence-electron chi connectivity index (χ1n) is 10.9. The fourth-order valence-electron chi connectivity index (χ4n) is 4.84. The molecule has 0 spiro atoms. The van der Waals surface area contributed by atoms with Crippen molar-refractivity contribution in [2.75, 3.05) is 31.1 Å². The number of hydrogen-bond acceptors (Lipinski definition) is 5. The van der Waals surface area contributed by atoms with Crippen LogP contribution in [-0.4, -0.2) is 51.3 Å². The predicted octanol–water partition coefficient (Wildman–Crippen LogP) is 3.84. The van der Waals surface area contributed by atoms with E-state index in [-0.39, 0.29) is 11.9 Å². The normalized spacial score (nSPS) is 19.3. The fraction of sp³-hybridized carbons (Fsp3) is 0.435. The molecular weight excluding hydrogens is 379 g/mol. The van der Waals surface area contributed by atoms with E-state index in [0.717, 1.165) is 50.5 Å². The molecule has 0 N–H and O–H groups in total. The van der Waals surface area contributed by atoms with Crippen molar-refractivity contribution in [1.29, 1.82) is 0 Å². The maximum Gasteiger partial charge on any atom is 0.173 e. The van der Waals surface area contributed by atoms with Gasteiger partial charge in [0.1, 0.15) is 5.82 Å². The smallest absolute Gasteiger partial charge is 0.173 e. The molecule has 1 aliphatic carbocycles. The molecule has 6 nitrogen and oxygen atoms in total. The zero-order valence-electron chi connectivity index (χ0n) is 17.1. The van der Waals surface area contributed by atoms with Crippen LogP contribution in [0, 0.1) is 5.82 Å². The Bertz CT molecular complexity index is 943. The molecule has 0 radical (unpaired) electrons. The van der Waals surface area contributed by atoms with Crippen LogP contribution in [0.5, 0.6) is 0 Å². The maximum atomic E-state index is 13.3. The number of anilines is 1. The molecule has 30 heavy (non-hydrogen) atoms. The van der Waals surface area contributed by atoms with Gasteiger partial charge in [0.25, 0.3) is 0 Å². The molecule has 1 aliphatic heterocycles. The number of benzene rings is 2. The van der Waals surface area contributed by atoms with Gasteiger partial charge in [-0.05, 0) is 53.1 Å². The second kappa shape index (κ2) is 8.52. The van der Waals surface area contributed by atoms with Crippen LogP contribution in [-0.2, 0) is 0 Å². The van der Waals surface area contributed by atoms with E-state index >= 15 is 0 Å². The van der Waals surface area contributed by atoms with Crippen LogP contribution < -0.4 is 4.90 Å². The average molecular weight is 407 g/mol. The largest absolute Gasteiger partial charge is 0.369 e. The summed E-state index contributed by atoms with van der Waals surface area (Å²) in [5.74, 6) is 0.753. The van der Waals surface area contributed by atoms with Gasteiger partial charge in [0, 0.05) is 31.9 Å². The minimum absolute atomic E-state index is 0.0390. The summed E-state index contributed by atoms with van der Waals surface area (Å²) in [4.78, 5) is 4.80. The number of halogens is 1. The van der Waals surface area contributed by atoms with Crippen LogP contribution in [0.1, 0.15) is 49.2 Å². The monoisotopic (exact) mass is 406 g/mol. The zero-order chi connectivity index (χ0) is 20.3. The summed E-state index contributed by atoms with van der Waals surface area (Å²) in [7, 11) is 0. The third kappa shape index (κ3) is 3.81. The molecule has 0 unspecified atom stereocenters. The Morgan fingerprint density at radius 2 is 1.57 bits per heavy atom. The fourth-order valence-corrected chi connectivity index (χ4v) is 4.84. The summed E-state index contributed by atoms with van der Waals surface area (Å²) < 4.78 is 15.4. The quantitative estimate of drug-likeness (QED) is 0.644. The van der Waals surface area contributed by atoms with Crippen molar-refractivity contribution in [3.8, 4) is 0 Å². The average Bonchev–Trinajstić information content (AvgIpc) is 3.48. The van der Waals surface area contributed by atoms with Crippen molar-refractivity contribution in [3.63, 3.8) is 0 Å². The Labute approximate surface area is 176 Å². The molecule has 1 saturated carbocycles. The SMILES string of the molecule is Fc1ccc(N2CCN([C@H](c3ccccc3)c3nnnn3C3CCCC3)CC2)cc1. The van der Waals surface area contributed by atoms with Crippen LogP contribution in [0.25, 0.3) is 0 Å². The van der Waals surface area contributed by atoms with Crippen LogP contribution in [0.15, 0.2) is 54.6 Å². The van der Waals surface area contributed by atoms with Crippen molar-refractivity contribution >= 4 is 5.69 Å². The summed E-state index contributed by atoms with van der Waals surface area (Å²) in [5.41, 5.74) is 2.30. The number of rotatable bonds is 5. The first-order chi connectivity index (χ1) is 14.8. The molecule has 0 bridgehead atoms. The molecule has 7 heteroatoms. The molecular formula is C23H27FN6. The molecule has 2 fully saturated rings. The van der Waals surface area contributed by atoms with Crippen LogP contribution >= 0.6 is 0 Å². The Morgan fingerprint density at radius 3 is 2.27 bits per heavy atom. The Morgan fingerprint density at radius 1 is 0.867 bits per heavy atom. The first-order valence-corrected chi connectivity index (χ1v) is 10.9. The van der Waals surface area contributed by atoms with Crippen LogP contribution in [0.3, 0.4) is 0 Å². The highest BCUT2D eigenvalue weighted by molar-refractivity contribution is 5.46. The van der Waals surface area contributed by atoms with E-state index in [0.29, 0.717) is 6.04 Å². The Balaban J connectivity index is 1.40. The van der Waals surface area contributed by atoms with Gasteiger partial charge in [0.15, 0.2) is 5.82 Å². The van der Waals surface area contributed by atoms with Crippen molar-refractivity contribution in [3.05, 3.63) is 71.8 Å². The van der Waals surface area contributed by atoms with E-state index in [9.17, 15) is 4.39 Å². The van der Waals surface area contributed by atoms with Crippen molar-refractivity contribution in [2.24, 2.45) is 0 Å². The van der Waals surface area contributed by atoms with E-state index in [1.165, 1.54) is 30.5 Å². The van der Waals surface area contributed by atoms with Crippen molar-refractivity contribution < 1.29 is 4.39 Å². The highest BCUT2D eigenvalue weighted by atomic mass is 19.1. The molecule has 2 aliphatic rings. The Kier molecular flexibility index (Phi) is 5.45. The number of nitrogens with zero attached hydrogens (tertiary/aromatic N) is 6. The molecule has 2 heterocycles. The lowest BCUT2D eigenvalue weighted by Crippen LogP contribution is -2.48.